The average Bonchev–Trinajstić information content (AvgIpc) is 3.49. The fraction of sp³-hybridized carbons (Fsp3) is 0.559. The summed E-state index contributed by atoms with van der Waals surface area (Å²) in [4.78, 5) is 8.52. The van der Waals surface area contributed by atoms with E-state index in [4.69, 9.17) is 10.5 Å². The molecule has 5 unspecified atom stereocenters. The van der Waals surface area contributed by atoms with Crippen molar-refractivity contribution in [1.82, 2.24) is 15.3 Å². The normalized spacial score (nSPS) is 15.1. The second kappa shape index (κ2) is 18.5. The number of hydrogen-bond donors (Lipinski definition) is 6. The van der Waals surface area contributed by atoms with E-state index in [1.165, 1.54) is 0 Å². The second-order valence-corrected chi connectivity index (χ2v) is 11.7. The molecule has 0 saturated heterocycles. The predicted octanol–water partition coefficient (Wildman–Crippen LogP) is 4.48. The first kappa shape index (κ1) is 34.4. The molecule has 9 nitrogen and oxygen atoms in total. The highest BCUT2D eigenvalue weighted by Gasteiger charge is 2.17. The maximum absolute atomic E-state index is 10.6. The molecule has 2 heterocycles. The van der Waals surface area contributed by atoms with Crippen molar-refractivity contribution in [2.75, 3.05) is 18.9 Å². The summed E-state index contributed by atoms with van der Waals surface area (Å²) in [7, 11) is 0. The van der Waals surface area contributed by atoms with Crippen molar-refractivity contribution in [3.8, 4) is 11.5 Å². The molecule has 43 heavy (non-hydrogen) atoms. The standard InChI is InChI=1S/C34H51N4O5/c1-3-4-6-28(38-23-24(2)39)10-12-31(41)22-30(40)11-8-25-9-13-32(42)33(19-25)43-18-15-27(20-29-7-5-16-36-29)26-14-17-37-34(35)21-26/h5,7,9,13-14,16-17,19,21,24,27-28,30-31,38-42H,3-4,6,8,10-12,15,18,20,22-23H2,1-2H3,(H2,35,37)/q-1. The number of aromatic hydroxyl groups is 1. The molecule has 3 rings (SSSR count). The first-order valence-electron chi connectivity index (χ1n) is 15.7. The molecule has 0 aliphatic heterocycles. The molecule has 0 bridgehead atoms. The van der Waals surface area contributed by atoms with E-state index in [1.807, 2.05) is 36.4 Å². The molecule has 5 atom stereocenters. The number of aromatic nitrogens is 2. The highest BCUT2D eigenvalue weighted by Crippen LogP contribution is 2.30. The van der Waals surface area contributed by atoms with Crippen LogP contribution in [0.4, 0.5) is 5.82 Å². The van der Waals surface area contributed by atoms with E-state index in [-0.39, 0.29) is 17.7 Å². The molecule has 0 saturated carbocycles. The highest BCUT2D eigenvalue weighted by molar-refractivity contribution is 5.42. The summed E-state index contributed by atoms with van der Waals surface area (Å²) in [6, 6.07) is 13.3. The Morgan fingerprint density at radius 1 is 1.00 bits per heavy atom. The number of nitrogens with one attached hydrogen (secondary N) is 1. The number of rotatable bonds is 21. The smallest absolute Gasteiger partial charge is 0.161 e. The molecule has 0 aliphatic carbocycles. The number of aliphatic hydroxyl groups excluding tert-OH is 3. The van der Waals surface area contributed by atoms with Gasteiger partial charge in [0.05, 0.1) is 24.9 Å². The molecule has 3 aromatic rings. The molecule has 0 fully saturated rings. The van der Waals surface area contributed by atoms with Crippen LogP contribution in [0, 0.1) is 0 Å². The lowest BCUT2D eigenvalue weighted by atomic mass is 9.92. The first-order valence-corrected chi connectivity index (χ1v) is 15.7. The van der Waals surface area contributed by atoms with Crippen LogP contribution in [0.15, 0.2) is 54.9 Å². The maximum atomic E-state index is 10.6. The number of phenolic OH excluding ortho intramolecular Hbond substituents is 1. The number of benzene rings is 1. The Bertz CT molecular complexity index is 1170. The van der Waals surface area contributed by atoms with E-state index in [0.29, 0.717) is 56.8 Å². The molecule has 0 spiro atoms. The molecule has 1 aromatic carbocycles. The Morgan fingerprint density at radius 2 is 1.81 bits per heavy atom. The zero-order valence-electron chi connectivity index (χ0n) is 25.7. The van der Waals surface area contributed by atoms with Crippen molar-refractivity contribution >= 4 is 5.82 Å². The van der Waals surface area contributed by atoms with E-state index in [2.05, 4.69) is 22.2 Å². The van der Waals surface area contributed by atoms with Crippen molar-refractivity contribution in [3.05, 3.63) is 71.7 Å². The van der Waals surface area contributed by atoms with Gasteiger partial charge in [0, 0.05) is 18.8 Å². The predicted molar refractivity (Wildman–Crippen MR) is 170 cm³/mol. The molecule has 0 radical (unpaired) electrons. The van der Waals surface area contributed by atoms with Crippen LogP contribution < -0.4 is 20.8 Å². The van der Waals surface area contributed by atoms with Crippen LogP contribution in [0.3, 0.4) is 0 Å². The van der Waals surface area contributed by atoms with Crippen molar-refractivity contribution in [3.63, 3.8) is 0 Å². The second-order valence-electron chi connectivity index (χ2n) is 11.7. The number of aryl methyl sites for hydroxylation is 1. The number of nitrogens with two attached hydrogens (primary N) is 1. The third-order valence-electron chi connectivity index (χ3n) is 7.86. The number of aliphatic hydroxyl groups is 3. The van der Waals surface area contributed by atoms with Gasteiger partial charge in [0.25, 0.3) is 0 Å². The largest absolute Gasteiger partial charge is 0.668 e. The van der Waals surface area contributed by atoms with Gasteiger partial charge in [-0.05, 0) is 99.6 Å². The Morgan fingerprint density at radius 3 is 2.53 bits per heavy atom. The molecule has 2 aromatic heterocycles. The van der Waals surface area contributed by atoms with E-state index in [1.54, 1.807) is 25.4 Å². The van der Waals surface area contributed by atoms with Gasteiger partial charge < -0.3 is 41.2 Å². The van der Waals surface area contributed by atoms with Crippen LogP contribution in [0.5, 0.6) is 11.5 Å². The van der Waals surface area contributed by atoms with Crippen LogP contribution in [-0.4, -0.2) is 62.9 Å². The zero-order chi connectivity index (χ0) is 31.0. The van der Waals surface area contributed by atoms with Crippen LogP contribution >= 0.6 is 0 Å². The van der Waals surface area contributed by atoms with Gasteiger partial charge >= 0.3 is 0 Å². The van der Waals surface area contributed by atoms with E-state index < -0.39 is 18.3 Å². The van der Waals surface area contributed by atoms with Gasteiger partial charge in [-0.25, -0.2) is 4.98 Å². The van der Waals surface area contributed by atoms with Gasteiger partial charge in [0.15, 0.2) is 11.5 Å². The molecule has 0 amide bonds. The number of nitrogens with zero attached hydrogens (tertiary/aromatic N) is 2. The fourth-order valence-corrected chi connectivity index (χ4v) is 5.37. The molecular weight excluding hydrogens is 544 g/mol. The lowest BCUT2D eigenvalue weighted by Gasteiger charge is -2.22. The minimum Gasteiger partial charge on any atom is -0.668 e. The number of anilines is 1. The van der Waals surface area contributed by atoms with Crippen molar-refractivity contribution in [2.24, 2.45) is 0 Å². The zero-order valence-corrected chi connectivity index (χ0v) is 25.7. The summed E-state index contributed by atoms with van der Waals surface area (Å²) in [5, 5.41) is 44.6. The van der Waals surface area contributed by atoms with Gasteiger partial charge in [0.2, 0.25) is 0 Å². The summed E-state index contributed by atoms with van der Waals surface area (Å²) >= 11 is 0. The van der Waals surface area contributed by atoms with Crippen LogP contribution in [0.2, 0.25) is 0 Å². The Hall–Kier alpha value is -3.11. The Balaban J connectivity index is 1.47. The van der Waals surface area contributed by atoms with Crippen molar-refractivity contribution < 1.29 is 25.2 Å². The molecule has 9 heteroatoms. The molecule has 7 N–H and O–H groups in total. The maximum Gasteiger partial charge on any atom is 0.161 e. The minimum absolute atomic E-state index is 0.0731. The topological polar surface area (TPSA) is 155 Å². The lowest BCUT2D eigenvalue weighted by Crippen LogP contribution is -2.35. The minimum atomic E-state index is -0.633. The molecule has 0 aliphatic rings. The summed E-state index contributed by atoms with van der Waals surface area (Å²) in [6.45, 7) is 4.85. The van der Waals surface area contributed by atoms with E-state index in [9.17, 15) is 20.4 Å². The monoisotopic (exact) mass is 595 g/mol. The SMILES string of the molecule is CCCCC(CCC(O)CC(O)CCc1ccc(O)c(OCCC(Cc2ccc[n-]2)c2ccnc(N)c2)c1)NCC(C)O. The van der Waals surface area contributed by atoms with Crippen LogP contribution in [0.1, 0.15) is 88.0 Å². The van der Waals surface area contributed by atoms with Crippen LogP contribution in [0.25, 0.3) is 0 Å². The van der Waals surface area contributed by atoms with Gasteiger partial charge in [-0.15, -0.1) is 0 Å². The van der Waals surface area contributed by atoms with Crippen molar-refractivity contribution in [1.29, 1.82) is 0 Å². The number of pyridine rings is 1. The van der Waals surface area contributed by atoms with Crippen LogP contribution in [-0.2, 0) is 12.8 Å². The Labute approximate surface area is 256 Å². The molecular formula is C34H51N4O5-. The van der Waals surface area contributed by atoms with E-state index in [0.717, 1.165) is 48.9 Å². The quantitative estimate of drug-likeness (QED) is 0.105. The number of hydrogen-bond acceptors (Lipinski definition) is 8. The number of unbranched alkanes of at least 4 members (excludes halogenated alkanes) is 1. The third-order valence-corrected chi connectivity index (χ3v) is 7.86. The van der Waals surface area contributed by atoms with Gasteiger partial charge in [-0.2, -0.15) is 11.9 Å². The summed E-state index contributed by atoms with van der Waals surface area (Å²) in [5.74, 6) is 1.08. The average molecular weight is 596 g/mol. The fourth-order valence-electron chi connectivity index (χ4n) is 5.37. The Kier molecular flexibility index (Phi) is 14.8. The number of nitrogen functional groups attached to an aromatic ring is 1. The van der Waals surface area contributed by atoms with E-state index >= 15 is 0 Å². The van der Waals surface area contributed by atoms with Gasteiger partial charge in [0.1, 0.15) is 5.82 Å². The summed E-state index contributed by atoms with van der Waals surface area (Å²) in [5.41, 5.74) is 8.95. The summed E-state index contributed by atoms with van der Waals surface area (Å²) < 4.78 is 6.03. The summed E-state index contributed by atoms with van der Waals surface area (Å²) in [6.07, 6.45) is 9.35. The number of ether oxygens (including phenoxy) is 1. The lowest BCUT2D eigenvalue weighted by molar-refractivity contribution is 0.0678. The molecule has 238 valence electrons. The third kappa shape index (κ3) is 13.0. The van der Waals surface area contributed by atoms with Gasteiger partial charge in [-0.1, -0.05) is 38.0 Å². The van der Waals surface area contributed by atoms with Gasteiger partial charge in [-0.3, -0.25) is 0 Å². The highest BCUT2D eigenvalue weighted by atomic mass is 16.5. The first-order chi connectivity index (χ1) is 20.7. The number of phenols is 1. The van der Waals surface area contributed by atoms with Crippen molar-refractivity contribution in [2.45, 2.75) is 108 Å².